The molecular weight excluding hydrogens is 228 g/mol. The van der Waals surface area contributed by atoms with Crippen molar-refractivity contribution in [3.63, 3.8) is 0 Å². The average molecular weight is 254 g/mol. The lowest BCUT2D eigenvalue weighted by Gasteiger charge is -2.16. The van der Waals surface area contributed by atoms with Gasteiger partial charge in [0.25, 0.3) is 0 Å². The molecule has 0 fully saturated rings. The predicted molar refractivity (Wildman–Crippen MR) is 75.3 cm³/mol. The molecular formula is C15H26O3. The molecule has 104 valence electrons. The van der Waals surface area contributed by atoms with E-state index in [1.165, 1.54) is 0 Å². The van der Waals surface area contributed by atoms with Gasteiger partial charge in [0.2, 0.25) is 0 Å². The van der Waals surface area contributed by atoms with Crippen LogP contribution < -0.4 is 9.47 Å². The summed E-state index contributed by atoms with van der Waals surface area (Å²) >= 11 is 0. The first kappa shape index (κ1) is 16.8. The van der Waals surface area contributed by atoms with Gasteiger partial charge in [-0.3, -0.25) is 0 Å². The maximum atomic E-state index is 9.43. The molecule has 0 amide bonds. The number of aliphatic hydroxyl groups excluding tert-OH is 1. The number of para-hydroxylation sites is 2. The molecule has 18 heavy (non-hydrogen) atoms. The van der Waals surface area contributed by atoms with Gasteiger partial charge in [-0.1, -0.05) is 32.9 Å². The Morgan fingerprint density at radius 1 is 1.11 bits per heavy atom. The van der Waals surface area contributed by atoms with E-state index in [2.05, 4.69) is 0 Å². The van der Waals surface area contributed by atoms with Gasteiger partial charge in [-0.05, 0) is 32.4 Å². The minimum absolute atomic E-state index is 0.112. The van der Waals surface area contributed by atoms with Gasteiger partial charge < -0.3 is 14.6 Å². The third-order valence-corrected chi connectivity index (χ3v) is 2.11. The maximum absolute atomic E-state index is 9.43. The highest BCUT2D eigenvalue weighted by Crippen LogP contribution is 2.27. The van der Waals surface area contributed by atoms with Gasteiger partial charge in [0.1, 0.15) is 6.61 Å². The van der Waals surface area contributed by atoms with Crippen molar-refractivity contribution in [2.45, 2.75) is 53.2 Å². The lowest BCUT2D eigenvalue weighted by Crippen LogP contribution is -2.16. The van der Waals surface area contributed by atoms with E-state index in [-0.39, 0.29) is 6.10 Å². The first-order chi connectivity index (χ1) is 8.63. The molecule has 0 bridgehead atoms. The Kier molecular flexibility index (Phi) is 9.11. The van der Waals surface area contributed by atoms with E-state index in [9.17, 15) is 5.11 Å². The van der Waals surface area contributed by atoms with E-state index in [4.69, 9.17) is 9.47 Å². The number of rotatable bonds is 6. The lowest BCUT2D eigenvalue weighted by atomic mass is 10.3. The van der Waals surface area contributed by atoms with E-state index >= 15 is 0 Å². The summed E-state index contributed by atoms with van der Waals surface area (Å²) in [5.74, 6) is 1.41. The van der Waals surface area contributed by atoms with E-state index in [1.807, 2.05) is 58.9 Å². The minimum Gasteiger partial charge on any atom is -0.487 e. The van der Waals surface area contributed by atoms with Crippen molar-refractivity contribution < 1.29 is 14.6 Å². The molecule has 1 unspecified atom stereocenters. The Labute approximate surface area is 111 Å². The van der Waals surface area contributed by atoms with Crippen molar-refractivity contribution in [2.75, 3.05) is 6.61 Å². The van der Waals surface area contributed by atoms with Crippen molar-refractivity contribution in [1.29, 1.82) is 0 Å². The molecule has 3 heteroatoms. The molecule has 1 N–H and O–H groups in total. The molecule has 0 spiro atoms. The number of hydrogen-bond acceptors (Lipinski definition) is 3. The largest absolute Gasteiger partial charge is 0.487 e. The summed E-state index contributed by atoms with van der Waals surface area (Å²) in [5, 5.41) is 9.43. The highest BCUT2D eigenvalue weighted by Gasteiger charge is 2.08. The molecule has 0 radical (unpaired) electrons. The van der Waals surface area contributed by atoms with E-state index in [0.717, 1.165) is 5.75 Å². The number of hydrogen-bond donors (Lipinski definition) is 1. The monoisotopic (exact) mass is 254 g/mol. The molecule has 0 aliphatic heterocycles. The summed E-state index contributed by atoms with van der Waals surface area (Å²) in [4.78, 5) is 0. The van der Waals surface area contributed by atoms with E-state index < -0.39 is 6.10 Å². The van der Waals surface area contributed by atoms with Crippen LogP contribution in [-0.2, 0) is 0 Å². The summed E-state index contributed by atoms with van der Waals surface area (Å²) in [6.07, 6.45) is 0.376. The fraction of sp³-hybridized carbons (Fsp3) is 0.600. The summed E-state index contributed by atoms with van der Waals surface area (Å²) in [6.45, 7) is 10.2. The van der Waals surface area contributed by atoms with Crippen LogP contribution in [0.4, 0.5) is 0 Å². The van der Waals surface area contributed by atoms with Crippen LogP contribution in [0, 0.1) is 0 Å². The lowest BCUT2D eigenvalue weighted by molar-refractivity contribution is 0.101. The van der Waals surface area contributed by atoms with Crippen molar-refractivity contribution in [3.8, 4) is 11.5 Å². The van der Waals surface area contributed by atoms with Gasteiger partial charge in [0.15, 0.2) is 11.5 Å². The normalized spacial score (nSPS) is 11.5. The van der Waals surface area contributed by atoms with Gasteiger partial charge in [-0.25, -0.2) is 0 Å². The molecule has 1 rings (SSSR count). The molecule has 1 atom stereocenters. The fourth-order valence-electron chi connectivity index (χ4n) is 1.22. The smallest absolute Gasteiger partial charge is 0.161 e. The van der Waals surface area contributed by atoms with Gasteiger partial charge in [0.05, 0.1) is 12.2 Å². The van der Waals surface area contributed by atoms with Crippen molar-refractivity contribution in [2.24, 2.45) is 0 Å². The van der Waals surface area contributed by atoms with Crippen molar-refractivity contribution >= 4 is 0 Å². The molecule has 3 nitrogen and oxygen atoms in total. The first-order valence-corrected chi connectivity index (χ1v) is 6.70. The summed E-state index contributed by atoms with van der Waals surface area (Å²) in [6, 6.07) is 7.51. The fourth-order valence-corrected chi connectivity index (χ4v) is 1.22. The molecule has 0 saturated carbocycles. The highest BCUT2D eigenvalue weighted by atomic mass is 16.5. The van der Waals surface area contributed by atoms with Crippen LogP contribution in [0.2, 0.25) is 0 Å². The van der Waals surface area contributed by atoms with Gasteiger partial charge in [-0.15, -0.1) is 0 Å². The van der Waals surface area contributed by atoms with Gasteiger partial charge >= 0.3 is 0 Å². The van der Waals surface area contributed by atoms with Gasteiger partial charge in [-0.2, -0.15) is 0 Å². The van der Waals surface area contributed by atoms with Crippen molar-refractivity contribution in [1.82, 2.24) is 0 Å². The van der Waals surface area contributed by atoms with Crippen LogP contribution in [0.1, 0.15) is 41.0 Å². The second kappa shape index (κ2) is 9.77. The Balaban J connectivity index is 0.00000137. The maximum Gasteiger partial charge on any atom is 0.161 e. The third kappa shape index (κ3) is 6.50. The predicted octanol–water partition coefficient (Wildman–Crippen LogP) is 3.65. The second-order valence-corrected chi connectivity index (χ2v) is 3.99. The molecule has 0 aromatic heterocycles. The first-order valence-electron chi connectivity index (χ1n) is 6.70. The third-order valence-electron chi connectivity index (χ3n) is 2.11. The molecule has 1 aromatic carbocycles. The van der Waals surface area contributed by atoms with E-state index in [0.29, 0.717) is 18.8 Å². The van der Waals surface area contributed by atoms with Crippen molar-refractivity contribution in [3.05, 3.63) is 24.3 Å². The van der Waals surface area contributed by atoms with E-state index in [1.54, 1.807) is 0 Å². The average Bonchev–Trinajstić information content (AvgIpc) is 2.39. The number of aliphatic hydroxyl groups is 1. The van der Waals surface area contributed by atoms with Gasteiger partial charge in [0, 0.05) is 0 Å². The Hall–Kier alpha value is -1.22. The zero-order valence-electron chi connectivity index (χ0n) is 12.1. The quantitative estimate of drug-likeness (QED) is 0.842. The van der Waals surface area contributed by atoms with Crippen LogP contribution in [0.5, 0.6) is 11.5 Å². The molecule has 1 aromatic rings. The minimum atomic E-state index is -0.424. The molecule has 0 aliphatic carbocycles. The zero-order valence-corrected chi connectivity index (χ0v) is 12.1. The summed E-state index contributed by atoms with van der Waals surface area (Å²) < 4.78 is 11.1. The topological polar surface area (TPSA) is 38.7 Å². The van der Waals surface area contributed by atoms with Crippen LogP contribution in [-0.4, -0.2) is 23.9 Å². The molecule has 0 heterocycles. The second-order valence-electron chi connectivity index (χ2n) is 3.99. The number of benzene rings is 1. The van der Waals surface area contributed by atoms with Crippen LogP contribution in [0.25, 0.3) is 0 Å². The SMILES string of the molecule is CC.CCC(O)COc1ccccc1OC(C)C. The Bertz CT molecular complexity index is 310. The Morgan fingerprint density at radius 3 is 2.17 bits per heavy atom. The highest BCUT2D eigenvalue weighted by molar-refractivity contribution is 5.39. The summed E-state index contributed by atoms with van der Waals surface area (Å²) in [5.41, 5.74) is 0. The Morgan fingerprint density at radius 2 is 1.67 bits per heavy atom. The van der Waals surface area contributed by atoms with Crippen LogP contribution in [0.3, 0.4) is 0 Å². The molecule has 0 saturated heterocycles. The standard InChI is InChI=1S/C13H20O3.C2H6/c1-4-11(14)9-15-12-7-5-6-8-13(12)16-10(2)3;1-2/h5-8,10-11,14H,4,9H2,1-3H3;1-2H3. The summed E-state index contributed by atoms with van der Waals surface area (Å²) in [7, 11) is 0. The molecule has 0 aliphatic rings. The van der Waals surface area contributed by atoms with Crippen LogP contribution in [0.15, 0.2) is 24.3 Å². The van der Waals surface area contributed by atoms with Crippen LogP contribution >= 0.6 is 0 Å². The zero-order chi connectivity index (χ0) is 14.0. The number of ether oxygens (including phenoxy) is 2.